The highest BCUT2D eigenvalue weighted by molar-refractivity contribution is 5.59. The second kappa shape index (κ2) is 3.54. The predicted octanol–water partition coefficient (Wildman–Crippen LogP) is 3.31. The van der Waals surface area contributed by atoms with Gasteiger partial charge < -0.3 is 0 Å². The van der Waals surface area contributed by atoms with E-state index in [2.05, 4.69) is 60.9 Å². The minimum Gasteiger partial charge on any atom is -0.260 e. The molecule has 78 valence electrons. The van der Waals surface area contributed by atoms with Gasteiger partial charge in [0.05, 0.1) is 11.2 Å². The first-order chi connectivity index (χ1) is 7.09. The smallest absolute Gasteiger partial charge is 0.0688 e. The van der Waals surface area contributed by atoms with Gasteiger partial charge >= 0.3 is 0 Å². The molecule has 0 aliphatic heterocycles. The summed E-state index contributed by atoms with van der Waals surface area (Å²) < 4.78 is 2.06. The zero-order valence-electron chi connectivity index (χ0n) is 9.44. The molecule has 0 bridgehead atoms. The molecule has 2 rings (SSSR count). The zero-order chi connectivity index (χ0) is 10.9. The number of nitrogens with zero attached hydrogens (tertiary/aromatic N) is 2. The van der Waals surface area contributed by atoms with Gasteiger partial charge in [-0.05, 0) is 32.4 Å². The first-order valence-electron chi connectivity index (χ1n) is 5.19. The third-order valence-electron chi connectivity index (χ3n) is 2.35. The Bertz CT molecular complexity index is 435. The summed E-state index contributed by atoms with van der Waals surface area (Å²) in [6, 6.07) is 12.4. The van der Waals surface area contributed by atoms with Crippen molar-refractivity contribution in [3.05, 3.63) is 42.6 Å². The molecule has 2 heteroatoms. The van der Waals surface area contributed by atoms with Crippen molar-refractivity contribution in [1.82, 2.24) is 9.78 Å². The summed E-state index contributed by atoms with van der Waals surface area (Å²) in [6.45, 7) is 6.48. The molecule has 0 saturated carbocycles. The van der Waals surface area contributed by atoms with E-state index in [-0.39, 0.29) is 5.54 Å². The van der Waals surface area contributed by atoms with E-state index in [1.165, 1.54) is 11.3 Å². The van der Waals surface area contributed by atoms with E-state index in [9.17, 15) is 0 Å². The highest BCUT2D eigenvalue weighted by atomic mass is 15.3. The molecule has 1 heterocycles. The summed E-state index contributed by atoms with van der Waals surface area (Å²) in [7, 11) is 0. The van der Waals surface area contributed by atoms with Crippen LogP contribution in [0.1, 0.15) is 20.8 Å². The number of hydrogen-bond donors (Lipinski definition) is 0. The molecule has 15 heavy (non-hydrogen) atoms. The number of rotatable bonds is 1. The van der Waals surface area contributed by atoms with Gasteiger partial charge in [0.25, 0.3) is 0 Å². The van der Waals surface area contributed by atoms with E-state index in [1.807, 2.05) is 12.3 Å². The summed E-state index contributed by atoms with van der Waals surface area (Å²) in [5.74, 6) is 0. The van der Waals surface area contributed by atoms with E-state index in [1.54, 1.807) is 0 Å². The first-order valence-corrected chi connectivity index (χ1v) is 5.19. The Labute approximate surface area is 90.6 Å². The maximum atomic E-state index is 4.38. The van der Waals surface area contributed by atoms with Crippen molar-refractivity contribution >= 4 is 0 Å². The lowest BCUT2D eigenvalue weighted by molar-refractivity contribution is 0.360. The minimum absolute atomic E-state index is 0.0225. The van der Waals surface area contributed by atoms with E-state index in [0.29, 0.717) is 0 Å². The predicted molar refractivity (Wildman–Crippen MR) is 62.7 cm³/mol. The van der Waals surface area contributed by atoms with Crippen LogP contribution in [-0.2, 0) is 5.54 Å². The van der Waals surface area contributed by atoms with Gasteiger partial charge in [0.15, 0.2) is 0 Å². The molecule has 0 radical (unpaired) electrons. The van der Waals surface area contributed by atoms with E-state index >= 15 is 0 Å². The molecular formula is C13H16N2. The Morgan fingerprint density at radius 1 is 1.00 bits per heavy atom. The molecule has 0 amide bonds. The molecule has 0 atom stereocenters. The van der Waals surface area contributed by atoms with Crippen LogP contribution in [0.15, 0.2) is 42.6 Å². The SMILES string of the molecule is CC(C)(C)n1nccc1-c1ccccc1. The Morgan fingerprint density at radius 3 is 2.27 bits per heavy atom. The number of hydrogen-bond acceptors (Lipinski definition) is 1. The summed E-state index contributed by atoms with van der Waals surface area (Å²) in [4.78, 5) is 0. The molecule has 2 nitrogen and oxygen atoms in total. The molecule has 0 aliphatic carbocycles. The lowest BCUT2D eigenvalue weighted by atomic mass is 10.1. The molecule has 0 N–H and O–H groups in total. The van der Waals surface area contributed by atoms with Crippen LogP contribution >= 0.6 is 0 Å². The lowest BCUT2D eigenvalue weighted by Gasteiger charge is -2.22. The maximum absolute atomic E-state index is 4.38. The van der Waals surface area contributed by atoms with Crippen LogP contribution < -0.4 is 0 Å². The van der Waals surface area contributed by atoms with Gasteiger partial charge in [0.2, 0.25) is 0 Å². The lowest BCUT2D eigenvalue weighted by Crippen LogP contribution is -2.23. The highest BCUT2D eigenvalue weighted by Crippen LogP contribution is 2.24. The van der Waals surface area contributed by atoms with Gasteiger partial charge in [0, 0.05) is 6.20 Å². The van der Waals surface area contributed by atoms with Gasteiger partial charge in [-0.25, -0.2) is 0 Å². The average molecular weight is 200 g/mol. The minimum atomic E-state index is 0.0225. The van der Waals surface area contributed by atoms with Crippen molar-refractivity contribution in [3.8, 4) is 11.3 Å². The zero-order valence-corrected chi connectivity index (χ0v) is 9.44. The van der Waals surface area contributed by atoms with Crippen molar-refractivity contribution < 1.29 is 0 Å². The molecule has 1 aromatic carbocycles. The molecule has 0 unspecified atom stereocenters. The van der Waals surface area contributed by atoms with Crippen LogP contribution in [0, 0.1) is 0 Å². The van der Waals surface area contributed by atoms with Gasteiger partial charge in [-0.2, -0.15) is 5.10 Å². The van der Waals surface area contributed by atoms with Crippen LogP contribution in [0.5, 0.6) is 0 Å². The number of benzene rings is 1. The van der Waals surface area contributed by atoms with Gasteiger partial charge in [0.1, 0.15) is 0 Å². The molecule has 0 aliphatic rings. The second-order valence-corrected chi connectivity index (χ2v) is 4.67. The van der Waals surface area contributed by atoms with Crippen molar-refractivity contribution in [2.75, 3.05) is 0 Å². The first kappa shape index (κ1) is 9.97. The van der Waals surface area contributed by atoms with Crippen LogP contribution in [-0.4, -0.2) is 9.78 Å². The topological polar surface area (TPSA) is 17.8 Å². The molecule has 1 aromatic heterocycles. The van der Waals surface area contributed by atoms with Crippen molar-refractivity contribution in [1.29, 1.82) is 0 Å². The van der Waals surface area contributed by atoms with Crippen LogP contribution in [0.25, 0.3) is 11.3 Å². The number of aromatic nitrogens is 2. The van der Waals surface area contributed by atoms with E-state index in [0.717, 1.165) is 0 Å². The summed E-state index contributed by atoms with van der Waals surface area (Å²) in [5.41, 5.74) is 2.40. The quantitative estimate of drug-likeness (QED) is 0.690. The van der Waals surface area contributed by atoms with Crippen LogP contribution in [0.3, 0.4) is 0 Å². The van der Waals surface area contributed by atoms with Gasteiger partial charge in [-0.15, -0.1) is 0 Å². The van der Waals surface area contributed by atoms with Crippen LogP contribution in [0.4, 0.5) is 0 Å². The highest BCUT2D eigenvalue weighted by Gasteiger charge is 2.17. The largest absolute Gasteiger partial charge is 0.260 e. The van der Waals surface area contributed by atoms with Crippen molar-refractivity contribution in [2.24, 2.45) is 0 Å². The Balaban J connectivity index is 2.51. The molecular weight excluding hydrogens is 184 g/mol. The standard InChI is InChI=1S/C13H16N2/c1-13(2,3)15-12(9-10-14-15)11-7-5-4-6-8-11/h4-10H,1-3H3. The second-order valence-electron chi connectivity index (χ2n) is 4.67. The fourth-order valence-electron chi connectivity index (χ4n) is 1.67. The Hall–Kier alpha value is -1.57. The molecule has 2 aromatic rings. The van der Waals surface area contributed by atoms with Crippen molar-refractivity contribution in [3.63, 3.8) is 0 Å². The van der Waals surface area contributed by atoms with E-state index in [4.69, 9.17) is 0 Å². The monoisotopic (exact) mass is 200 g/mol. The third kappa shape index (κ3) is 1.94. The molecule has 0 saturated heterocycles. The summed E-state index contributed by atoms with van der Waals surface area (Å²) in [6.07, 6.45) is 1.85. The van der Waals surface area contributed by atoms with Crippen LogP contribution in [0.2, 0.25) is 0 Å². The third-order valence-corrected chi connectivity index (χ3v) is 2.35. The van der Waals surface area contributed by atoms with Gasteiger partial charge in [-0.1, -0.05) is 30.3 Å². The Morgan fingerprint density at radius 2 is 1.67 bits per heavy atom. The average Bonchev–Trinajstić information content (AvgIpc) is 2.67. The summed E-state index contributed by atoms with van der Waals surface area (Å²) >= 11 is 0. The Kier molecular flexibility index (Phi) is 2.35. The summed E-state index contributed by atoms with van der Waals surface area (Å²) in [5, 5.41) is 4.38. The van der Waals surface area contributed by atoms with Gasteiger partial charge in [-0.3, -0.25) is 4.68 Å². The van der Waals surface area contributed by atoms with Crippen molar-refractivity contribution in [2.45, 2.75) is 26.3 Å². The fraction of sp³-hybridized carbons (Fsp3) is 0.308. The molecule has 0 spiro atoms. The maximum Gasteiger partial charge on any atom is 0.0688 e. The fourth-order valence-corrected chi connectivity index (χ4v) is 1.67. The normalized spacial score (nSPS) is 11.7. The molecule has 0 fully saturated rings. The van der Waals surface area contributed by atoms with E-state index < -0.39 is 0 Å².